The molecule has 92 valence electrons. The molecule has 0 radical (unpaired) electrons. The van der Waals surface area contributed by atoms with Gasteiger partial charge in [0.1, 0.15) is 11.5 Å². The fraction of sp³-hybridized carbons (Fsp3) is 0.308. The Morgan fingerprint density at radius 1 is 1.53 bits per heavy atom. The van der Waals surface area contributed by atoms with Crippen molar-refractivity contribution < 1.29 is 15.0 Å². The highest BCUT2D eigenvalue weighted by molar-refractivity contribution is 5.87. The lowest BCUT2D eigenvalue weighted by Gasteiger charge is -2.18. The number of aromatic hydroxyl groups is 2. The number of phenolic OH excluding ortho intramolecular Hbond substituents is 2. The van der Waals surface area contributed by atoms with Crippen molar-refractivity contribution >= 4 is 5.91 Å². The van der Waals surface area contributed by atoms with E-state index in [4.69, 9.17) is 0 Å². The summed E-state index contributed by atoms with van der Waals surface area (Å²) in [6, 6.07) is 4.08. The zero-order valence-corrected chi connectivity index (χ0v) is 9.81. The van der Waals surface area contributed by atoms with Crippen molar-refractivity contribution in [2.45, 2.75) is 25.8 Å². The van der Waals surface area contributed by atoms with E-state index in [1.165, 1.54) is 18.2 Å². The second kappa shape index (κ2) is 5.94. The topological polar surface area (TPSA) is 69.6 Å². The van der Waals surface area contributed by atoms with Gasteiger partial charge >= 0.3 is 0 Å². The SMILES string of the molecule is C=CC(=O)NC(CCC)c1ccc(O)cc1O. The zero-order chi connectivity index (χ0) is 12.8. The number of benzene rings is 1. The smallest absolute Gasteiger partial charge is 0.243 e. The molecule has 1 rings (SSSR count). The molecule has 17 heavy (non-hydrogen) atoms. The summed E-state index contributed by atoms with van der Waals surface area (Å²) < 4.78 is 0. The molecule has 4 heteroatoms. The summed E-state index contributed by atoms with van der Waals surface area (Å²) in [5, 5.41) is 21.7. The summed E-state index contributed by atoms with van der Waals surface area (Å²) >= 11 is 0. The van der Waals surface area contributed by atoms with Crippen LogP contribution in [0.15, 0.2) is 30.9 Å². The van der Waals surface area contributed by atoms with Crippen LogP contribution in [0.2, 0.25) is 0 Å². The Morgan fingerprint density at radius 3 is 2.76 bits per heavy atom. The predicted octanol–water partition coefficient (Wildman–Crippen LogP) is 2.24. The summed E-state index contributed by atoms with van der Waals surface area (Å²) in [7, 11) is 0. The van der Waals surface area contributed by atoms with E-state index in [1.807, 2.05) is 6.92 Å². The number of hydrogen-bond acceptors (Lipinski definition) is 3. The standard InChI is InChI=1S/C13H17NO3/c1-3-5-11(14-13(17)4-2)10-7-6-9(15)8-12(10)16/h4,6-8,11,15-16H,2-3,5H2,1H3,(H,14,17). The van der Waals surface area contributed by atoms with Gasteiger partial charge in [-0.3, -0.25) is 4.79 Å². The molecule has 1 atom stereocenters. The van der Waals surface area contributed by atoms with Crippen molar-refractivity contribution in [3.05, 3.63) is 36.4 Å². The maximum Gasteiger partial charge on any atom is 0.243 e. The summed E-state index contributed by atoms with van der Waals surface area (Å²) in [4.78, 5) is 11.3. The van der Waals surface area contributed by atoms with E-state index in [1.54, 1.807) is 6.07 Å². The van der Waals surface area contributed by atoms with Crippen LogP contribution in [0.4, 0.5) is 0 Å². The zero-order valence-electron chi connectivity index (χ0n) is 9.81. The molecule has 0 aromatic heterocycles. The Bertz CT molecular complexity index is 415. The molecule has 3 N–H and O–H groups in total. The minimum atomic E-state index is -0.282. The van der Waals surface area contributed by atoms with Crippen molar-refractivity contribution in [1.29, 1.82) is 0 Å². The van der Waals surface area contributed by atoms with E-state index in [2.05, 4.69) is 11.9 Å². The van der Waals surface area contributed by atoms with E-state index in [9.17, 15) is 15.0 Å². The van der Waals surface area contributed by atoms with Crippen molar-refractivity contribution in [3.8, 4) is 11.5 Å². The number of amides is 1. The van der Waals surface area contributed by atoms with Crippen molar-refractivity contribution in [1.82, 2.24) is 5.32 Å². The molecule has 0 saturated carbocycles. The second-order valence-electron chi connectivity index (χ2n) is 3.80. The molecular weight excluding hydrogens is 218 g/mol. The molecule has 0 bridgehead atoms. The first-order chi connectivity index (χ1) is 8.08. The van der Waals surface area contributed by atoms with Gasteiger partial charge in [0, 0.05) is 11.6 Å². The highest BCUT2D eigenvalue weighted by atomic mass is 16.3. The molecule has 0 spiro atoms. The van der Waals surface area contributed by atoms with E-state index in [0.717, 1.165) is 6.42 Å². The summed E-state index contributed by atoms with van der Waals surface area (Å²) in [6.07, 6.45) is 2.76. The molecule has 1 aromatic rings. The van der Waals surface area contributed by atoms with Gasteiger partial charge in [0.15, 0.2) is 0 Å². The minimum absolute atomic E-state index is 0.00320. The minimum Gasteiger partial charge on any atom is -0.508 e. The number of nitrogens with one attached hydrogen (secondary N) is 1. The van der Waals surface area contributed by atoms with Gasteiger partial charge in [0.25, 0.3) is 0 Å². The monoisotopic (exact) mass is 235 g/mol. The Morgan fingerprint density at radius 2 is 2.24 bits per heavy atom. The second-order valence-corrected chi connectivity index (χ2v) is 3.80. The van der Waals surface area contributed by atoms with Crippen LogP contribution in [0.5, 0.6) is 11.5 Å². The first-order valence-electron chi connectivity index (χ1n) is 5.53. The molecule has 1 aromatic carbocycles. The third kappa shape index (κ3) is 3.52. The van der Waals surface area contributed by atoms with E-state index in [-0.39, 0.29) is 23.4 Å². The first kappa shape index (κ1) is 13.1. The van der Waals surface area contributed by atoms with Gasteiger partial charge in [-0.1, -0.05) is 19.9 Å². The van der Waals surface area contributed by atoms with Gasteiger partial charge in [0.05, 0.1) is 6.04 Å². The highest BCUT2D eigenvalue weighted by Crippen LogP contribution is 2.30. The third-order valence-electron chi connectivity index (χ3n) is 2.47. The lowest BCUT2D eigenvalue weighted by molar-refractivity contribution is -0.117. The number of carbonyl (C=O) groups is 1. The number of hydrogen-bond donors (Lipinski definition) is 3. The number of phenols is 2. The molecule has 0 saturated heterocycles. The quantitative estimate of drug-likeness (QED) is 0.685. The molecule has 0 heterocycles. The van der Waals surface area contributed by atoms with Crippen LogP contribution in [-0.4, -0.2) is 16.1 Å². The average molecular weight is 235 g/mol. The molecule has 0 aliphatic heterocycles. The maximum absolute atomic E-state index is 11.3. The van der Waals surface area contributed by atoms with Crippen LogP contribution < -0.4 is 5.32 Å². The molecule has 4 nitrogen and oxygen atoms in total. The summed E-state index contributed by atoms with van der Waals surface area (Å²) in [6.45, 7) is 5.38. The Labute approximate surface area is 101 Å². The fourth-order valence-corrected chi connectivity index (χ4v) is 1.65. The first-order valence-corrected chi connectivity index (χ1v) is 5.53. The predicted molar refractivity (Wildman–Crippen MR) is 65.8 cm³/mol. The lowest BCUT2D eigenvalue weighted by atomic mass is 10.0. The van der Waals surface area contributed by atoms with Crippen LogP contribution in [0, 0.1) is 0 Å². The van der Waals surface area contributed by atoms with Gasteiger partial charge < -0.3 is 15.5 Å². The van der Waals surface area contributed by atoms with Gasteiger partial charge in [-0.25, -0.2) is 0 Å². The third-order valence-corrected chi connectivity index (χ3v) is 2.47. The number of rotatable bonds is 5. The summed E-state index contributed by atoms with van der Waals surface area (Å²) in [5.74, 6) is -0.305. The molecule has 0 fully saturated rings. The Hall–Kier alpha value is -1.97. The normalized spacial score (nSPS) is 11.8. The molecule has 1 unspecified atom stereocenters. The fourth-order valence-electron chi connectivity index (χ4n) is 1.65. The molecule has 0 aliphatic carbocycles. The van der Waals surface area contributed by atoms with Crippen LogP contribution in [0.25, 0.3) is 0 Å². The van der Waals surface area contributed by atoms with Crippen LogP contribution in [0.1, 0.15) is 31.4 Å². The van der Waals surface area contributed by atoms with Gasteiger partial charge in [-0.2, -0.15) is 0 Å². The van der Waals surface area contributed by atoms with Gasteiger partial charge in [0.2, 0.25) is 5.91 Å². The van der Waals surface area contributed by atoms with Crippen molar-refractivity contribution in [2.24, 2.45) is 0 Å². The van der Waals surface area contributed by atoms with Gasteiger partial charge in [-0.15, -0.1) is 0 Å². The number of carbonyl (C=O) groups excluding carboxylic acids is 1. The highest BCUT2D eigenvalue weighted by Gasteiger charge is 2.16. The summed E-state index contributed by atoms with van der Waals surface area (Å²) in [5.41, 5.74) is 0.597. The van der Waals surface area contributed by atoms with Crippen LogP contribution >= 0.6 is 0 Å². The van der Waals surface area contributed by atoms with E-state index in [0.29, 0.717) is 12.0 Å². The lowest BCUT2D eigenvalue weighted by Crippen LogP contribution is -2.26. The maximum atomic E-state index is 11.3. The van der Waals surface area contributed by atoms with Crippen molar-refractivity contribution in [2.75, 3.05) is 0 Å². The molecule has 1 amide bonds. The molecular formula is C13H17NO3. The van der Waals surface area contributed by atoms with Gasteiger partial charge in [-0.05, 0) is 24.6 Å². The van der Waals surface area contributed by atoms with E-state index < -0.39 is 0 Å². The van der Waals surface area contributed by atoms with Crippen molar-refractivity contribution in [3.63, 3.8) is 0 Å². The largest absolute Gasteiger partial charge is 0.508 e. The van der Waals surface area contributed by atoms with Crippen LogP contribution in [0.3, 0.4) is 0 Å². The van der Waals surface area contributed by atoms with Crippen LogP contribution in [-0.2, 0) is 4.79 Å². The Balaban J connectivity index is 2.96. The average Bonchev–Trinajstić information content (AvgIpc) is 2.28. The molecule has 0 aliphatic rings. The van der Waals surface area contributed by atoms with E-state index >= 15 is 0 Å². The Kier molecular flexibility index (Phi) is 4.57.